The van der Waals surface area contributed by atoms with Crippen molar-refractivity contribution < 1.29 is 10.0 Å². The number of hydrogen-bond acceptors (Lipinski definition) is 4. The molecule has 0 unspecified atom stereocenters. The van der Waals surface area contributed by atoms with Crippen molar-refractivity contribution in [3.05, 3.63) is 33.9 Å². The molecule has 0 atom stereocenters. The largest absolute Gasteiger partial charge is 0.396 e. The standard InChI is InChI=1S/C13H18N2O3/c1-10-6-12(8-13(7-10)15(17)18)14-4-2-11(9-16)3-5-14/h6-8,11,16H,2-5,9H2,1H3. The number of piperidine rings is 1. The minimum Gasteiger partial charge on any atom is -0.396 e. The average molecular weight is 250 g/mol. The Kier molecular flexibility index (Phi) is 3.81. The maximum Gasteiger partial charge on any atom is 0.271 e. The Morgan fingerprint density at radius 1 is 1.39 bits per heavy atom. The second kappa shape index (κ2) is 5.35. The van der Waals surface area contributed by atoms with E-state index in [0.717, 1.165) is 37.2 Å². The summed E-state index contributed by atoms with van der Waals surface area (Å²) in [5.74, 6) is 0.376. The predicted molar refractivity (Wildman–Crippen MR) is 69.9 cm³/mol. The molecule has 98 valence electrons. The van der Waals surface area contributed by atoms with Crippen LogP contribution in [0.4, 0.5) is 11.4 Å². The van der Waals surface area contributed by atoms with E-state index in [1.807, 2.05) is 13.0 Å². The first-order chi connectivity index (χ1) is 8.60. The third-order valence-electron chi connectivity index (χ3n) is 3.50. The lowest BCUT2D eigenvalue weighted by atomic mass is 9.97. The highest BCUT2D eigenvalue weighted by atomic mass is 16.6. The van der Waals surface area contributed by atoms with Crippen LogP contribution < -0.4 is 4.90 Å². The van der Waals surface area contributed by atoms with Crippen molar-refractivity contribution in [1.29, 1.82) is 0 Å². The molecule has 1 aliphatic rings. The van der Waals surface area contributed by atoms with Gasteiger partial charge in [-0.2, -0.15) is 0 Å². The zero-order chi connectivity index (χ0) is 13.1. The molecule has 1 aromatic rings. The Bertz CT molecular complexity index is 440. The molecule has 1 aliphatic heterocycles. The molecule has 18 heavy (non-hydrogen) atoms. The third kappa shape index (κ3) is 2.79. The SMILES string of the molecule is Cc1cc(N2CCC(CO)CC2)cc([N+](=O)[O-])c1. The van der Waals surface area contributed by atoms with Gasteiger partial charge in [-0.3, -0.25) is 10.1 Å². The van der Waals surface area contributed by atoms with Crippen LogP contribution in [0, 0.1) is 23.0 Å². The molecule has 5 heteroatoms. The van der Waals surface area contributed by atoms with Crippen LogP contribution in [-0.2, 0) is 0 Å². The number of nitro groups is 1. The molecule has 1 saturated heterocycles. The van der Waals surface area contributed by atoms with Gasteiger partial charge in [0.05, 0.1) is 4.92 Å². The summed E-state index contributed by atoms with van der Waals surface area (Å²) in [7, 11) is 0. The van der Waals surface area contributed by atoms with Gasteiger partial charge in [0.15, 0.2) is 0 Å². The molecular weight excluding hydrogens is 232 g/mol. The van der Waals surface area contributed by atoms with Crippen molar-refractivity contribution in [2.24, 2.45) is 5.92 Å². The molecule has 1 N–H and O–H groups in total. The van der Waals surface area contributed by atoms with Crippen LogP contribution in [0.3, 0.4) is 0 Å². The van der Waals surface area contributed by atoms with Crippen LogP contribution in [-0.4, -0.2) is 29.7 Å². The van der Waals surface area contributed by atoms with Crippen LogP contribution in [0.2, 0.25) is 0 Å². The van der Waals surface area contributed by atoms with Gasteiger partial charge in [0.1, 0.15) is 0 Å². The highest BCUT2D eigenvalue weighted by molar-refractivity contribution is 5.55. The number of benzene rings is 1. The van der Waals surface area contributed by atoms with E-state index in [0.29, 0.717) is 5.92 Å². The molecule has 2 rings (SSSR count). The molecule has 0 aliphatic carbocycles. The van der Waals surface area contributed by atoms with Crippen LogP contribution in [0.15, 0.2) is 18.2 Å². The smallest absolute Gasteiger partial charge is 0.271 e. The van der Waals surface area contributed by atoms with Crippen molar-refractivity contribution in [2.45, 2.75) is 19.8 Å². The highest BCUT2D eigenvalue weighted by Gasteiger charge is 2.20. The van der Waals surface area contributed by atoms with E-state index >= 15 is 0 Å². The van der Waals surface area contributed by atoms with Gasteiger partial charge >= 0.3 is 0 Å². The van der Waals surface area contributed by atoms with E-state index in [4.69, 9.17) is 5.11 Å². The first-order valence-electron chi connectivity index (χ1n) is 6.22. The Hall–Kier alpha value is -1.62. The molecule has 0 aromatic heterocycles. The quantitative estimate of drug-likeness (QED) is 0.659. The first-order valence-corrected chi connectivity index (χ1v) is 6.22. The van der Waals surface area contributed by atoms with E-state index in [1.165, 1.54) is 0 Å². The maximum atomic E-state index is 10.8. The van der Waals surface area contributed by atoms with Gasteiger partial charge in [-0.25, -0.2) is 0 Å². The summed E-state index contributed by atoms with van der Waals surface area (Å²) in [6.07, 6.45) is 1.89. The van der Waals surface area contributed by atoms with E-state index < -0.39 is 0 Å². The van der Waals surface area contributed by atoms with E-state index in [-0.39, 0.29) is 17.2 Å². The second-order valence-electron chi connectivity index (χ2n) is 4.90. The Balaban J connectivity index is 2.16. The molecule has 5 nitrogen and oxygen atoms in total. The molecule has 0 amide bonds. The lowest BCUT2D eigenvalue weighted by Gasteiger charge is -2.32. The predicted octanol–water partition coefficient (Wildman–Crippen LogP) is 2.11. The molecule has 0 saturated carbocycles. The highest BCUT2D eigenvalue weighted by Crippen LogP contribution is 2.27. The van der Waals surface area contributed by atoms with E-state index in [9.17, 15) is 10.1 Å². The fourth-order valence-electron chi connectivity index (χ4n) is 2.40. The number of anilines is 1. The summed E-state index contributed by atoms with van der Waals surface area (Å²) >= 11 is 0. The zero-order valence-corrected chi connectivity index (χ0v) is 10.5. The lowest BCUT2D eigenvalue weighted by Crippen LogP contribution is -2.34. The summed E-state index contributed by atoms with van der Waals surface area (Å²) in [5, 5.41) is 19.9. The van der Waals surface area contributed by atoms with Gasteiger partial charge in [-0.1, -0.05) is 0 Å². The number of rotatable bonds is 3. The van der Waals surface area contributed by atoms with Crippen molar-refractivity contribution >= 4 is 11.4 Å². The van der Waals surface area contributed by atoms with Crippen LogP contribution in [0.25, 0.3) is 0 Å². The van der Waals surface area contributed by atoms with Gasteiger partial charge in [-0.15, -0.1) is 0 Å². The minimum absolute atomic E-state index is 0.147. The summed E-state index contributed by atoms with van der Waals surface area (Å²) in [6, 6.07) is 5.20. The number of non-ortho nitro benzene ring substituents is 1. The number of aryl methyl sites for hydroxylation is 1. The monoisotopic (exact) mass is 250 g/mol. The van der Waals surface area contributed by atoms with Gasteiger partial charge < -0.3 is 10.0 Å². The molecule has 0 bridgehead atoms. The first kappa shape index (κ1) is 12.8. The maximum absolute atomic E-state index is 10.8. The zero-order valence-electron chi connectivity index (χ0n) is 10.5. The Labute approximate surface area is 106 Å². The summed E-state index contributed by atoms with van der Waals surface area (Å²) in [6.45, 7) is 3.82. The molecule has 0 spiro atoms. The summed E-state index contributed by atoms with van der Waals surface area (Å²) < 4.78 is 0. The third-order valence-corrected chi connectivity index (χ3v) is 3.50. The number of aliphatic hydroxyl groups is 1. The number of hydrogen-bond donors (Lipinski definition) is 1. The normalized spacial score (nSPS) is 16.9. The van der Waals surface area contributed by atoms with Gasteiger partial charge in [0, 0.05) is 37.5 Å². The van der Waals surface area contributed by atoms with Crippen molar-refractivity contribution in [3.63, 3.8) is 0 Å². The topological polar surface area (TPSA) is 66.6 Å². The average Bonchev–Trinajstić information content (AvgIpc) is 2.38. The fourth-order valence-corrected chi connectivity index (χ4v) is 2.40. The molecule has 0 radical (unpaired) electrons. The van der Waals surface area contributed by atoms with Crippen molar-refractivity contribution in [2.75, 3.05) is 24.6 Å². The fraction of sp³-hybridized carbons (Fsp3) is 0.538. The number of aliphatic hydroxyl groups excluding tert-OH is 1. The Morgan fingerprint density at radius 3 is 2.61 bits per heavy atom. The number of nitrogens with zero attached hydrogens (tertiary/aromatic N) is 2. The summed E-state index contributed by atoms with van der Waals surface area (Å²) in [4.78, 5) is 12.6. The van der Waals surface area contributed by atoms with Crippen molar-refractivity contribution in [1.82, 2.24) is 0 Å². The number of nitro benzene ring substituents is 1. The molecule has 1 fully saturated rings. The lowest BCUT2D eigenvalue weighted by molar-refractivity contribution is -0.384. The summed E-state index contributed by atoms with van der Waals surface area (Å²) in [5.41, 5.74) is 1.97. The van der Waals surface area contributed by atoms with Gasteiger partial charge in [0.2, 0.25) is 0 Å². The molecule has 1 aromatic carbocycles. The van der Waals surface area contributed by atoms with Crippen LogP contribution in [0.1, 0.15) is 18.4 Å². The van der Waals surface area contributed by atoms with Gasteiger partial charge in [-0.05, 0) is 37.3 Å². The molecular formula is C13H18N2O3. The Morgan fingerprint density at radius 2 is 2.06 bits per heavy atom. The van der Waals surface area contributed by atoms with Crippen LogP contribution >= 0.6 is 0 Å². The molecule has 1 heterocycles. The second-order valence-corrected chi connectivity index (χ2v) is 4.90. The van der Waals surface area contributed by atoms with Crippen LogP contribution in [0.5, 0.6) is 0 Å². The van der Waals surface area contributed by atoms with E-state index in [2.05, 4.69) is 4.90 Å². The van der Waals surface area contributed by atoms with E-state index in [1.54, 1.807) is 12.1 Å². The van der Waals surface area contributed by atoms with Crippen molar-refractivity contribution in [3.8, 4) is 0 Å². The minimum atomic E-state index is -0.350. The van der Waals surface area contributed by atoms with Gasteiger partial charge in [0.25, 0.3) is 5.69 Å².